The Bertz CT molecular complexity index is 900. The second kappa shape index (κ2) is 10.5. The van der Waals surface area contributed by atoms with E-state index in [2.05, 4.69) is 6.58 Å². The highest BCUT2D eigenvalue weighted by Crippen LogP contribution is 2.38. The zero-order chi connectivity index (χ0) is 25.1. The summed E-state index contributed by atoms with van der Waals surface area (Å²) in [4.78, 5) is 50.0. The number of carbonyl (C=O) groups excluding carboxylic acids is 4. The minimum Gasteiger partial charge on any atom is -0.466 e. The first-order valence-electron chi connectivity index (χ1n) is 10.4. The van der Waals surface area contributed by atoms with Gasteiger partial charge in [-0.25, -0.2) is 14.4 Å². The highest BCUT2D eigenvalue weighted by Gasteiger charge is 2.52. The summed E-state index contributed by atoms with van der Waals surface area (Å²) in [6.45, 7) is 9.28. The number of halogens is 1. The Kier molecular flexibility index (Phi) is 8.48. The molecule has 9 nitrogen and oxygen atoms in total. The van der Waals surface area contributed by atoms with E-state index in [4.69, 9.17) is 30.5 Å². The van der Waals surface area contributed by atoms with Crippen LogP contribution >= 0.6 is 11.6 Å². The number of hydrogen-bond donors (Lipinski definition) is 1. The maximum atomic E-state index is 12.9. The predicted octanol–water partition coefficient (Wildman–Crippen LogP) is 2.15. The van der Waals surface area contributed by atoms with Gasteiger partial charge in [0.15, 0.2) is 17.8 Å². The van der Waals surface area contributed by atoms with Crippen LogP contribution in [-0.2, 0) is 38.1 Å². The van der Waals surface area contributed by atoms with Gasteiger partial charge >= 0.3 is 23.9 Å². The van der Waals surface area contributed by atoms with Crippen molar-refractivity contribution < 1.29 is 43.2 Å². The third kappa shape index (κ3) is 5.83. The molecule has 2 rings (SSSR count). The molecule has 1 aliphatic carbocycles. The average molecular weight is 485 g/mol. The fourth-order valence-electron chi connectivity index (χ4n) is 3.60. The van der Waals surface area contributed by atoms with Crippen LogP contribution in [0.4, 0.5) is 0 Å². The maximum absolute atomic E-state index is 12.9. The van der Waals surface area contributed by atoms with Gasteiger partial charge in [0.25, 0.3) is 0 Å². The van der Waals surface area contributed by atoms with E-state index in [1.807, 2.05) is 6.92 Å². The first-order chi connectivity index (χ1) is 15.3. The van der Waals surface area contributed by atoms with E-state index >= 15 is 0 Å². The SMILES string of the molecule is C=C1C(=O)O[C@@H]2C=C(C)CC/C=C(/C(=O)OC)[C@H](OC(C)=O)[C@@H](OC(=O)C(C)(O)C(C)Cl)[C@@H]12. The summed E-state index contributed by atoms with van der Waals surface area (Å²) in [5, 5.41) is 9.51. The first kappa shape index (κ1) is 26.6. The highest BCUT2D eigenvalue weighted by atomic mass is 35.5. The fraction of sp³-hybridized carbons (Fsp3) is 0.565. The van der Waals surface area contributed by atoms with E-state index in [1.165, 1.54) is 13.0 Å². The Labute approximate surface area is 197 Å². The second-order valence-corrected chi connectivity index (χ2v) is 8.94. The molecule has 1 aliphatic heterocycles. The summed E-state index contributed by atoms with van der Waals surface area (Å²) < 4.78 is 21.4. The molecule has 0 radical (unpaired) electrons. The van der Waals surface area contributed by atoms with Crippen LogP contribution in [0.2, 0.25) is 0 Å². The molecule has 0 aromatic carbocycles. The highest BCUT2D eigenvalue weighted by molar-refractivity contribution is 6.22. The lowest BCUT2D eigenvalue weighted by Crippen LogP contribution is -2.51. The van der Waals surface area contributed by atoms with Crippen LogP contribution in [-0.4, -0.2) is 65.4 Å². The lowest BCUT2D eigenvalue weighted by Gasteiger charge is -2.35. The summed E-state index contributed by atoms with van der Waals surface area (Å²) in [5.41, 5.74) is -1.39. The van der Waals surface area contributed by atoms with E-state index < -0.39 is 59.1 Å². The summed E-state index contributed by atoms with van der Waals surface area (Å²) in [7, 11) is 1.16. The van der Waals surface area contributed by atoms with Crippen molar-refractivity contribution in [3.63, 3.8) is 0 Å². The van der Waals surface area contributed by atoms with Crippen molar-refractivity contribution in [3.8, 4) is 0 Å². The molecule has 6 atom stereocenters. The molecule has 0 amide bonds. The molecule has 0 bridgehead atoms. The molecule has 1 saturated heterocycles. The van der Waals surface area contributed by atoms with Crippen molar-refractivity contribution in [2.75, 3.05) is 7.11 Å². The zero-order valence-corrected chi connectivity index (χ0v) is 20.0. The van der Waals surface area contributed by atoms with Gasteiger partial charge in [-0.2, -0.15) is 0 Å². The number of fused-ring (bicyclic) bond motifs is 1. The van der Waals surface area contributed by atoms with Crippen LogP contribution in [0.25, 0.3) is 0 Å². The monoisotopic (exact) mass is 484 g/mol. The van der Waals surface area contributed by atoms with Crippen LogP contribution in [0.15, 0.2) is 35.5 Å². The van der Waals surface area contributed by atoms with Crippen LogP contribution < -0.4 is 0 Å². The average Bonchev–Trinajstić information content (AvgIpc) is 2.99. The number of esters is 4. The molecule has 0 spiro atoms. The largest absolute Gasteiger partial charge is 0.466 e. The third-order valence-electron chi connectivity index (χ3n) is 5.72. The number of alkyl halides is 1. The molecule has 0 aromatic heterocycles. The molecule has 1 heterocycles. The summed E-state index contributed by atoms with van der Waals surface area (Å²) in [6.07, 6.45) is 0.283. The van der Waals surface area contributed by atoms with Crippen molar-refractivity contribution in [2.45, 2.75) is 69.8 Å². The normalized spacial score (nSPS) is 29.8. The van der Waals surface area contributed by atoms with Crippen LogP contribution in [0.5, 0.6) is 0 Å². The van der Waals surface area contributed by atoms with Crippen molar-refractivity contribution in [1.29, 1.82) is 0 Å². The molecule has 1 fully saturated rings. The lowest BCUT2D eigenvalue weighted by molar-refractivity contribution is -0.183. The van der Waals surface area contributed by atoms with E-state index in [-0.39, 0.29) is 11.1 Å². The van der Waals surface area contributed by atoms with Gasteiger partial charge in [-0.05, 0) is 39.7 Å². The Hall–Kier alpha value is -2.65. The number of rotatable bonds is 5. The zero-order valence-electron chi connectivity index (χ0n) is 19.3. The molecule has 33 heavy (non-hydrogen) atoms. The quantitative estimate of drug-likeness (QED) is 0.205. The minimum atomic E-state index is -2.13. The number of ether oxygens (including phenoxy) is 4. The third-order valence-corrected chi connectivity index (χ3v) is 6.14. The smallest absolute Gasteiger partial charge is 0.339 e. The molecule has 0 saturated carbocycles. The number of hydrogen-bond acceptors (Lipinski definition) is 9. The Morgan fingerprint density at radius 2 is 1.97 bits per heavy atom. The van der Waals surface area contributed by atoms with Crippen molar-refractivity contribution in [2.24, 2.45) is 5.92 Å². The first-order valence-corrected chi connectivity index (χ1v) is 10.8. The predicted molar refractivity (Wildman–Crippen MR) is 117 cm³/mol. The number of carbonyl (C=O) groups is 4. The Balaban J connectivity index is 2.72. The number of methoxy groups -OCH3 is 1. The lowest BCUT2D eigenvalue weighted by atomic mass is 9.83. The molecule has 2 aliphatic rings. The van der Waals surface area contributed by atoms with Gasteiger partial charge in [0.05, 0.1) is 24.0 Å². The van der Waals surface area contributed by atoms with E-state index in [0.29, 0.717) is 12.8 Å². The number of allylic oxidation sites excluding steroid dienone is 2. The maximum Gasteiger partial charge on any atom is 0.339 e. The van der Waals surface area contributed by atoms with Crippen molar-refractivity contribution in [1.82, 2.24) is 0 Å². The second-order valence-electron chi connectivity index (χ2n) is 8.29. The molecular weight excluding hydrogens is 456 g/mol. The number of aliphatic hydroxyl groups is 1. The summed E-state index contributed by atoms with van der Waals surface area (Å²) in [6, 6.07) is 0. The molecule has 0 aromatic rings. The van der Waals surface area contributed by atoms with Gasteiger partial charge in [0.2, 0.25) is 0 Å². The minimum absolute atomic E-state index is 0.0395. The van der Waals surface area contributed by atoms with Gasteiger partial charge in [-0.3, -0.25) is 4.79 Å². The molecule has 2 unspecified atom stereocenters. The van der Waals surface area contributed by atoms with Crippen LogP contribution in [0.3, 0.4) is 0 Å². The summed E-state index contributed by atoms with van der Waals surface area (Å²) >= 11 is 5.96. The Morgan fingerprint density at radius 3 is 2.52 bits per heavy atom. The molecule has 1 N–H and O–H groups in total. The standard InChI is InChI=1S/C23H29ClO9/c1-11-8-7-9-15(21(27)30-6)18(31-14(4)25)19(33-22(28)23(5,29)13(3)24)17-12(2)20(26)32-16(17)10-11/h9-10,13,16-19,29H,2,7-8H2,1,3-6H3/b11-10?,15-9+/t13?,16-,17+,18+,19+,23?/m1/s1. The van der Waals surface area contributed by atoms with Crippen molar-refractivity contribution in [3.05, 3.63) is 35.5 Å². The van der Waals surface area contributed by atoms with Gasteiger partial charge in [-0.15, -0.1) is 11.6 Å². The van der Waals surface area contributed by atoms with Crippen LogP contribution in [0.1, 0.15) is 40.5 Å². The van der Waals surface area contributed by atoms with Gasteiger partial charge in [0.1, 0.15) is 6.10 Å². The van der Waals surface area contributed by atoms with E-state index in [1.54, 1.807) is 6.08 Å². The van der Waals surface area contributed by atoms with Gasteiger partial charge in [-0.1, -0.05) is 18.2 Å². The van der Waals surface area contributed by atoms with E-state index in [0.717, 1.165) is 26.5 Å². The summed E-state index contributed by atoms with van der Waals surface area (Å²) in [5.74, 6) is -4.47. The van der Waals surface area contributed by atoms with Gasteiger partial charge in [0, 0.05) is 12.5 Å². The van der Waals surface area contributed by atoms with Gasteiger partial charge < -0.3 is 24.1 Å². The van der Waals surface area contributed by atoms with Crippen LogP contribution in [0, 0.1) is 5.92 Å². The molecule has 10 heteroatoms. The fourth-order valence-corrected chi connectivity index (χ4v) is 3.69. The Morgan fingerprint density at radius 1 is 1.33 bits per heavy atom. The topological polar surface area (TPSA) is 125 Å². The molecule has 182 valence electrons. The van der Waals surface area contributed by atoms with Crippen molar-refractivity contribution >= 4 is 35.5 Å². The molecular formula is C23H29ClO9. The van der Waals surface area contributed by atoms with E-state index in [9.17, 15) is 24.3 Å².